The lowest BCUT2D eigenvalue weighted by atomic mass is 9.75. The second-order valence-corrected chi connectivity index (χ2v) is 6.14. The van der Waals surface area contributed by atoms with Crippen molar-refractivity contribution >= 4 is 23.3 Å². The molecule has 0 radical (unpaired) electrons. The van der Waals surface area contributed by atoms with Gasteiger partial charge in [-0.05, 0) is 31.4 Å². The topological polar surface area (TPSA) is 80.4 Å². The third-order valence-electron chi connectivity index (χ3n) is 4.28. The molecule has 1 saturated carbocycles. The minimum Gasteiger partial charge on any atom is -0.481 e. The highest BCUT2D eigenvalue weighted by Crippen LogP contribution is 2.40. The van der Waals surface area contributed by atoms with Crippen LogP contribution in [0.4, 0.5) is 5.69 Å². The fraction of sp³-hybridized carbons (Fsp3) is 0.533. The molecule has 5 nitrogen and oxygen atoms in total. The number of carboxylic acid groups (broad SMARTS) is 1. The predicted molar refractivity (Wildman–Crippen MR) is 79.6 cm³/mol. The third-order valence-corrected chi connectivity index (χ3v) is 4.52. The van der Waals surface area contributed by atoms with E-state index in [1.54, 1.807) is 0 Å². The number of carbonyl (C=O) groups is 1. The van der Waals surface area contributed by atoms with E-state index in [1.807, 2.05) is 0 Å². The van der Waals surface area contributed by atoms with Gasteiger partial charge < -0.3 is 5.11 Å². The van der Waals surface area contributed by atoms with Gasteiger partial charge in [0, 0.05) is 16.7 Å². The standard InChI is InChI=1S/C15H18ClNO4/c16-12-5-6-13(17(20)21)11(9-12)10-15(14(18)19)7-3-1-2-4-8-15/h5-6,9H,1-4,7-8,10H2,(H,18,19). The number of nitro groups is 1. The van der Waals surface area contributed by atoms with Crippen LogP contribution in [0.5, 0.6) is 0 Å². The highest BCUT2D eigenvalue weighted by atomic mass is 35.5. The van der Waals surface area contributed by atoms with Crippen molar-refractivity contribution in [3.05, 3.63) is 38.9 Å². The number of nitrogens with zero attached hydrogens (tertiary/aromatic N) is 1. The Morgan fingerprint density at radius 3 is 2.43 bits per heavy atom. The first-order valence-corrected chi connectivity index (χ1v) is 7.49. The van der Waals surface area contributed by atoms with Crippen molar-refractivity contribution in [2.45, 2.75) is 44.9 Å². The van der Waals surface area contributed by atoms with E-state index in [2.05, 4.69) is 0 Å². The molecule has 6 heteroatoms. The van der Waals surface area contributed by atoms with Crippen molar-refractivity contribution in [2.75, 3.05) is 0 Å². The molecule has 21 heavy (non-hydrogen) atoms. The highest BCUT2D eigenvalue weighted by molar-refractivity contribution is 6.30. The number of benzene rings is 1. The Morgan fingerprint density at radius 2 is 1.90 bits per heavy atom. The molecule has 0 saturated heterocycles. The van der Waals surface area contributed by atoms with Crippen molar-refractivity contribution in [3.63, 3.8) is 0 Å². The summed E-state index contributed by atoms with van der Waals surface area (Å²) in [4.78, 5) is 22.5. The maximum atomic E-state index is 11.8. The Bertz CT molecular complexity index is 551. The van der Waals surface area contributed by atoms with Crippen molar-refractivity contribution in [3.8, 4) is 0 Å². The molecular weight excluding hydrogens is 294 g/mol. The van der Waals surface area contributed by atoms with Gasteiger partial charge >= 0.3 is 5.97 Å². The number of halogens is 1. The van der Waals surface area contributed by atoms with E-state index < -0.39 is 16.3 Å². The zero-order valence-corrected chi connectivity index (χ0v) is 12.4. The molecule has 0 atom stereocenters. The normalized spacial score (nSPS) is 18.0. The van der Waals surface area contributed by atoms with Gasteiger partial charge in [0.1, 0.15) is 0 Å². The summed E-state index contributed by atoms with van der Waals surface area (Å²) in [7, 11) is 0. The van der Waals surface area contributed by atoms with Gasteiger partial charge in [-0.2, -0.15) is 0 Å². The van der Waals surface area contributed by atoms with Crippen LogP contribution < -0.4 is 0 Å². The number of rotatable bonds is 4. The summed E-state index contributed by atoms with van der Waals surface area (Å²) < 4.78 is 0. The Balaban J connectivity index is 2.39. The van der Waals surface area contributed by atoms with E-state index in [0.717, 1.165) is 25.7 Å². The van der Waals surface area contributed by atoms with Crippen molar-refractivity contribution in [1.29, 1.82) is 0 Å². The molecule has 0 aromatic heterocycles. The summed E-state index contributed by atoms with van der Waals surface area (Å²) >= 11 is 5.93. The lowest BCUT2D eigenvalue weighted by Gasteiger charge is -2.28. The zero-order chi connectivity index (χ0) is 15.5. The zero-order valence-electron chi connectivity index (χ0n) is 11.7. The molecule has 0 unspecified atom stereocenters. The molecule has 1 aromatic carbocycles. The Hall–Kier alpha value is -1.62. The summed E-state index contributed by atoms with van der Waals surface area (Å²) in [6, 6.07) is 4.34. The first-order valence-electron chi connectivity index (χ1n) is 7.11. The number of hydrogen-bond acceptors (Lipinski definition) is 3. The molecule has 0 bridgehead atoms. The van der Waals surface area contributed by atoms with E-state index >= 15 is 0 Å². The fourth-order valence-corrected chi connectivity index (χ4v) is 3.30. The Kier molecular flexibility index (Phi) is 4.83. The van der Waals surface area contributed by atoms with Gasteiger partial charge in [-0.3, -0.25) is 14.9 Å². The molecule has 1 aromatic rings. The molecule has 0 amide bonds. The van der Waals surface area contributed by atoms with Crippen LogP contribution in [0.15, 0.2) is 18.2 Å². The summed E-state index contributed by atoms with van der Waals surface area (Å²) in [5, 5.41) is 21.2. The van der Waals surface area contributed by atoms with Crippen LogP contribution in [-0.4, -0.2) is 16.0 Å². The summed E-state index contributed by atoms with van der Waals surface area (Å²) in [5.74, 6) is -0.862. The molecule has 0 spiro atoms. The van der Waals surface area contributed by atoms with Crippen molar-refractivity contribution in [1.82, 2.24) is 0 Å². The first kappa shape index (κ1) is 15.8. The number of aliphatic carboxylic acids is 1. The molecule has 1 N–H and O–H groups in total. The van der Waals surface area contributed by atoms with E-state index in [-0.39, 0.29) is 12.1 Å². The van der Waals surface area contributed by atoms with Crippen molar-refractivity contribution < 1.29 is 14.8 Å². The van der Waals surface area contributed by atoms with Crippen LogP contribution in [0.1, 0.15) is 44.1 Å². The third kappa shape index (κ3) is 3.53. The van der Waals surface area contributed by atoms with E-state index in [4.69, 9.17) is 11.6 Å². The van der Waals surface area contributed by atoms with Gasteiger partial charge in [-0.15, -0.1) is 0 Å². The number of hydrogen-bond donors (Lipinski definition) is 1. The smallest absolute Gasteiger partial charge is 0.309 e. The van der Waals surface area contributed by atoms with Gasteiger partial charge in [-0.1, -0.05) is 37.3 Å². The number of carboxylic acids is 1. The van der Waals surface area contributed by atoms with E-state index in [9.17, 15) is 20.0 Å². The summed E-state index contributed by atoms with van der Waals surface area (Å²) in [6.07, 6.45) is 5.03. The van der Waals surface area contributed by atoms with Gasteiger partial charge in [0.15, 0.2) is 0 Å². The molecule has 114 valence electrons. The average Bonchev–Trinajstić information content (AvgIpc) is 2.65. The Morgan fingerprint density at radius 1 is 1.29 bits per heavy atom. The maximum absolute atomic E-state index is 11.8. The SMILES string of the molecule is O=C(O)C1(Cc2cc(Cl)ccc2[N+](=O)[O-])CCCCCC1. The van der Waals surface area contributed by atoms with Crippen molar-refractivity contribution in [2.24, 2.45) is 5.41 Å². The first-order chi connectivity index (χ1) is 9.94. The number of nitro benzene ring substituents is 1. The van der Waals surface area contributed by atoms with Crippen LogP contribution in [0, 0.1) is 15.5 Å². The van der Waals surface area contributed by atoms with Crippen LogP contribution in [0.25, 0.3) is 0 Å². The molecule has 0 aliphatic heterocycles. The molecule has 2 rings (SSSR count). The van der Waals surface area contributed by atoms with Crippen LogP contribution >= 0.6 is 11.6 Å². The van der Waals surface area contributed by atoms with Gasteiger partial charge in [0.2, 0.25) is 0 Å². The second kappa shape index (κ2) is 6.43. The molecule has 1 aliphatic rings. The summed E-state index contributed by atoms with van der Waals surface area (Å²) in [5.41, 5.74) is -0.549. The van der Waals surface area contributed by atoms with Crippen LogP contribution in [-0.2, 0) is 11.2 Å². The molecule has 1 aliphatic carbocycles. The van der Waals surface area contributed by atoms with Gasteiger partial charge in [0.25, 0.3) is 5.69 Å². The molecule has 0 heterocycles. The average molecular weight is 312 g/mol. The molecule has 1 fully saturated rings. The monoisotopic (exact) mass is 311 g/mol. The lowest BCUT2D eigenvalue weighted by molar-refractivity contribution is -0.385. The predicted octanol–water partition coefficient (Wildman–Crippen LogP) is 4.22. The van der Waals surface area contributed by atoms with Crippen LogP contribution in [0.2, 0.25) is 5.02 Å². The Labute approximate surface area is 128 Å². The largest absolute Gasteiger partial charge is 0.481 e. The second-order valence-electron chi connectivity index (χ2n) is 5.71. The van der Waals surface area contributed by atoms with Crippen LogP contribution in [0.3, 0.4) is 0 Å². The maximum Gasteiger partial charge on any atom is 0.309 e. The van der Waals surface area contributed by atoms with E-state index in [1.165, 1.54) is 18.2 Å². The quantitative estimate of drug-likeness (QED) is 0.513. The van der Waals surface area contributed by atoms with Gasteiger partial charge in [-0.25, -0.2) is 0 Å². The fourth-order valence-electron chi connectivity index (χ4n) is 3.11. The summed E-state index contributed by atoms with van der Waals surface area (Å²) in [6.45, 7) is 0. The molecular formula is C15H18ClNO4. The lowest BCUT2D eigenvalue weighted by Crippen LogP contribution is -2.33. The van der Waals surface area contributed by atoms with Gasteiger partial charge in [0.05, 0.1) is 10.3 Å². The minimum atomic E-state index is -0.911. The minimum absolute atomic E-state index is 0.0516. The highest BCUT2D eigenvalue weighted by Gasteiger charge is 2.40. The van der Waals surface area contributed by atoms with E-state index in [0.29, 0.717) is 23.4 Å².